The first-order chi connectivity index (χ1) is 11.4. The van der Waals surface area contributed by atoms with Gasteiger partial charge < -0.3 is 0 Å². The fourth-order valence-corrected chi connectivity index (χ4v) is 4.25. The lowest BCUT2D eigenvalue weighted by Gasteiger charge is -2.33. The second kappa shape index (κ2) is 6.66. The molecule has 3 rings (SSSR count). The Kier molecular flexibility index (Phi) is 4.75. The van der Waals surface area contributed by atoms with Crippen molar-refractivity contribution in [1.82, 2.24) is 28.8 Å². The van der Waals surface area contributed by atoms with Crippen molar-refractivity contribution >= 4 is 10.0 Å². The van der Waals surface area contributed by atoms with E-state index in [1.807, 2.05) is 24.9 Å². The summed E-state index contributed by atoms with van der Waals surface area (Å²) < 4.78 is 30.4. The predicted octanol–water partition coefficient (Wildman–Crippen LogP) is 0.451. The molecule has 9 heteroatoms. The SMILES string of the molecule is CCn1cc(S(=O)(=O)N2CCN(Cc3cnn(C)c3C)CC2)cn1. The maximum absolute atomic E-state index is 12.7. The third-order valence-electron chi connectivity index (χ3n) is 4.63. The van der Waals surface area contributed by atoms with E-state index in [1.54, 1.807) is 15.2 Å². The standard InChI is InChI=1S/C15H24N6O2S/c1-4-20-12-15(10-17-20)24(22,23)21-7-5-19(6-8-21)11-14-9-16-18(3)13(14)2/h9-10,12H,4-8,11H2,1-3H3. The van der Waals surface area contributed by atoms with Crippen molar-refractivity contribution in [2.24, 2.45) is 7.05 Å². The Balaban J connectivity index is 1.63. The number of sulfonamides is 1. The second-order valence-electron chi connectivity index (χ2n) is 6.09. The Morgan fingerprint density at radius 3 is 2.38 bits per heavy atom. The number of aryl methyl sites for hydroxylation is 2. The maximum Gasteiger partial charge on any atom is 0.246 e. The van der Waals surface area contributed by atoms with Gasteiger partial charge in [0, 0.05) is 63.8 Å². The Morgan fingerprint density at radius 1 is 1.12 bits per heavy atom. The minimum Gasteiger partial charge on any atom is -0.296 e. The van der Waals surface area contributed by atoms with Crippen LogP contribution in [0.25, 0.3) is 0 Å². The van der Waals surface area contributed by atoms with E-state index in [4.69, 9.17) is 0 Å². The predicted molar refractivity (Wildman–Crippen MR) is 89.9 cm³/mol. The molecule has 1 fully saturated rings. The molecule has 1 aliphatic heterocycles. The lowest BCUT2D eigenvalue weighted by molar-refractivity contribution is 0.181. The Hall–Kier alpha value is -1.71. The van der Waals surface area contributed by atoms with E-state index in [9.17, 15) is 8.42 Å². The summed E-state index contributed by atoms with van der Waals surface area (Å²) in [5.41, 5.74) is 2.34. The van der Waals surface area contributed by atoms with Crippen LogP contribution in [0.5, 0.6) is 0 Å². The van der Waals surface area contributed by atoms with Gasteiger partial charge in [-0.3, -0.25) is 14.3 Å². The first-order valence-electron chi connectivity index (χ1n) is 8.14. The molecule has 0 aromatic carbocycles. The molecule has 0 atom stereocenters. The van der Waals surface area contributed by atoms with Gasteiger partial charge in [0.25, 0.3) is 0 Å². The van der Waals surface area contributed by atoms with E-state index in [0.29, 0.717) is 19.6 Å². The van der Waals surface area contributed by atoms with Crippen LogP contribution >= 0.6 is 0 Å². The van der Waals surface area contributed by atoms with E-state index >= 15 is 0 Å². The molecule has 1 aliphatic rings. The Bertz CT molecular complexity index is 802. The van der Waals surface area contributed by atoms with Gasteiger partial charge in [-0.25, -0.2) is 8.42 Å². The Labute approximate surface area is 142 Å². The number of rotatable bonds is 5. The zero-order chi connectivity index (χ0) is 17.3. The van der Waals surface area contributed by atoms with Crippen molar-refractivity contribution in [1.29, 1.82) is 0 Å². The van der Waals surface area contributed by atoms with Crippen molar-refractivity contribution in [2.45, 2.75) is 31.8 Å². The first kappa shape index (κ1) is 17.1. The van der Waals surface area contributed by atoms with E-state index in [-0.39, 0.29) is 4.90 Å². The van der Waals surface area contributed by atoms with Crippen molar-refractivity contribution in [3.8, 4) is 0 Å². The number of aromatic nitrogens is 4. The van der Waals surface area contributed by atoms with Gasteiger partial charge in [0.05, 0.1) is 12.4 Å². The highest BCUT2D eigenvalue weighted by Crippen LogP contribution is 2.18. The van der Waals surface area contributed by atoms with Gasteiger partial charge in [-0.2, -0.15) is 14.5 Å². The molecule has 2 aromatic rings. The van der Waals surface area contributed by atoms with Crippen LogP contribution in [0.3, 0.4) is 0 Å². The molecular weight excluding hydrogens is 328 g/mol. The van der Waals surface area contributed by atoms with Crippen molar-refractivity contribution in [3.63, 3.8) is 0 Å². The molecule has 2 aromatic heterocycles. The van der Waals surface area contributed by atoms with Gasteiger partial charge >= 0.3 is 0 Å². The van der Waals surface area contributed by atoms with Crippen molar-refractivity contribution in [3.05, 3.63) is 29.8 Å². The third-order valence-corrected chi connectivity index (χ3v) is 6.48. The molecule has 0 aliphatic carbocycles. The van der Waals surface area contributed by atoms with Crippen LogP contribution in [0.1, 0.15) is 18.2 Å². The van der Waals surface area contributed by atoms with Crippen molar-refractivity contribution < 1.29 is 8.42 Å². The molecule has 0 spiro atoms. The van der Waals surface area contributed by atoms with Gasteiger partial charge in [0.2, 0.25) is 10.0 Å². The van der Waals surface area contributed by atoms with E-state index in [1.165, 1.54) is 11.8 Å². The van der Waals surface area contributed by atoms with Crippen LogP contribution in [0.2, 0.25) is 0 Å². The van der Waals surface area contributed by atoms with Crippen molar-refractivity contribution in [2.75, 3.05) is 26.2 Å². The maximum atomic E-state index is 12.7. The monoisotopic (exact) mass is 352 g/mol. The number of hydrogen-bond acceptors (Lipinski definition) is 5. The summed E-state index contributed by atoms with van der Waals surface area (Å²) in [6, 6.07) is 0. The minimum absolute atomic E-state index is 0.279. The molecule has 8 nitrogen and oxygen atoms in total. The van der Waals surface area contributed by atoms with Gasteiger partial charge in [0.15, 0.2) is 0 Å². The summed E-state index contributed by atoms with van der Waals surface area (Å²) >= 11 is 0. The smallest absolute Gasteiger partial charge is 0.246 e. The fraction of sp³-hybridized carbons (Fsp3) is 0.600. The number of nitrogens with zero attached hydrogens (tertiary/aromatic N) is 6. The zero-order valence-electron chi connectivity index (χ0n) is 14.4. The minimum atomic E-state index is -3.44. The summed E-state index contributed by atoms with van der Waals surface area (Å²) in [7, 11) is -1.51. The normalized spacial score (nSPS) is 17.5. The summed E-state index contributed by atoms with van der Waals surface area (Å²) in [5, 5.41) is 8.33. The second-order valence-corrected chi connectivity index (χ2v) is 8.03. The number of hydrogen-bond donors (Lipinski definition) is 0. The fourth-order valence-electron chi connectivity index (χ4n) is 2.87. The molecule has 1 saturated heterocycles. The van der Waals surface area contributed by atoms with Crippen LogP contribution in [-0.2, 0) is 30.2 Å². The molecule has 0 saturated carbocycles. The topological polar surface area (TPSA) is 76.3 Å². The van der Waals surface area contributed by atoms with E-state index < -0.39 is 10.0 Å². The van der Waals surface area contributed by atoms with Gasteiger partial charge in [0.1, 0.15) is 4.90 Å². The van der Waals surface area contributed by atoms with Crippen LogP contribution in [0.4, 0.5) is 0 Å². The average Bonchev–Trinajstić information content (AvgIpc) is 3.18. The molecule has 3 heterocycles. The van der Waals surface area contributed by atoms with Crippen LogP contribution in [0.15, 0.2) is 23.5 Å². The highest BCUT2D eigenvalue weighted by atomic mass is 32.2. The summed E-state index contributed by atoms with van der Waals surface area (Å²) in [5.74, 6) is 0. The highest BCUT2D eigenvalue weighted by molar-refractivity contribution is 7.89. The molecule has 0 N–H and O–H groups in total. The van der Waals surface area contributed by atoms with Gasteiger partial charge in [-0.15, -0.1) is 0 Å². The van der Waals surface area contributed by atoms with Crippen LogP contribution < -0.4 is 0 Å². The Morgan fingerprint density at radius 2 is 1.83 bits per heavy atom. The average molecular weight is 352 g/mol. The highest BCUT2D eigenvalue weighted by Gasteiger charge is 2.29. The molecule has 0 bridgehead atoms. The van der Waals surface area contributed by atoms with E-state index in [0.717, 1.165) is 25.3 Å². The lowest BCUT2D eigenvalue weighted by atomic mass is 10.2. The van der Waals surface area contributed by atoms with Gasteiger partial charge in [-0.05, 0) is 13.8 Å². The molecule has 0 unspecified atom stereocenters. The lowest BCUT2D eigenvalue weighted by Crippen LogP contribution is -2.48. The summed E-state index contributed by atoms with van der Waals surface area (Å²) in [4.78, 5) is 2.55. The summed E-state index contributed by atoms with van der Waals surface area (Å²) in [6.45, 7) is 7.88. The molecule has 132 valence electrons. The largest absolute Gasteiger partial charge is 0.296 e. The van der Waals surface area contributed by atoms with Crippen LogP contribution in [0, 0.1) is 6.92 Å². The number of piperazine rings is 1. The zero-order valence-corrected chi connectivity index (χ0v) is 15.2. The van der Waals surface area contributed by atoms with Gasteiger partial charge in [-0.1, -0.05) is 0 Å². The van der Waals surface area contributed by atoms with Crippen LogP contribution in [-0.4, -0.2) is 63.4 Å². The summed E-state index contributed by atoms with van der Waals surface area (Å²) in [6.07, 6.45) is 4.92. The molecular formula is C15H24N6O2S. The third kappa shape index (κ3) is 3.24. The first-order valence-corrected chi connectivity index (χ1v) is 9.58. The molecule has 0 radical (unpaired) electrons. The quantitative estimate of drug-likeness (QED) is 0.781. The van der Waals surface area contributed by atoms with E-state index in [2.05, 4.69) is 22.0 Å². The molecule has 0 amide bonds. The molecule has 24 heavy (non-hydrogen) atoms.